The van der Waals surface area contributed by atoms with Crippen LogP contribution in [-0.2, 0) is 16.0 Å². The molecule has 0 fully saturated rings. The number of aryl methyl sites for hydroxylation is 1. The van der Waals surface area contributed by atoms with E-state index in [1.54, 1.807) is 11.8 Å². The van der Waals surface area contributed by atoms with E-state index >= 15 is 0 Å². The Bertz CT molecular complexity index is 840. The number of hydrogen-bond acceptors (Lipinski definition) is 3. The predicted octanol–water partition coefficient (Wildman–Crippen LogP) is 4.37. The van der Waals surface area contributed by atoms with Crippen molar-refractivity contribution in [2.75, 3.05) is 19.7 Å². The third-order valence-electron chi connectivity index (χ3n) is 4.83. The Labute approximate surface area is 187 Å². The third-order valence-corrected chi connectivity index (χ3v) is 5.72. The third kappa shape index (κ3) is 7.48. The zero-order chi connectivity index (χ0) is 22.1. The topological polar surface area (TPSA) is 58.6 Å². The van der Waals surface area contributed by atoms with Gasteiger partial charge in [-0.05, 0) is 55.5 Å². The molecule has 1 atom stereocenters. The maximum absolute atomic E-state index is 13.0. The van der Waals surface area contributed by atoms with Crippen molar-refractivity contribution in [2.45, 2.75) is 40.2 Å². The fourth-order valence-corrected chi connectivity index (χ4v) is 3.20. The van der Waals surface area contributed by atoms with Crippen molar-refractivity contribution in [3.63, 3.8) is 0 Å². The van der Waals surface area contributed by atoms with E-state index in [-0.39, 0.29) is 18.4 Å². The first-order valence-corrected chi connectivity index (χ1v) is 11.1. The molecule has 2 aromatic rings. The van der Waals surface area contributed by atoms with Gasteiger partial charge in [-0.2, -0.15) is 0 Å². The summed E-state index contributed by atoms with van der Waals surface area (Å²) in [6.45, 7) is 8.72. The largest absolute Gasteiger partial charge is 0.484 e. The molecule has 5 nitrogen and oxygen atoms in total. The van der Waals surface area contributed by atoms with E-state index < -0.39 is 6.04 Å². The Hall–Kier alpha value is -2.34. The average Bonchev–Trinajstić information content (AvgIpc) is 2.73. The minimum atomic E-state index is -0.574. The van der Waals surface area contributed by atoms with E-state index in [1.165, 1.54) is 0 Å². The summed E-state index contributed by atoms with van der Waals surface area (Å²) >= 11 is 3.46. The molecule has 0 aliphatic rings. The molecule has 0 saturated carbocycles. The van der Waals surface area contributed by atoms with Gasteiger partial charge in [-0.15, -0.1) is 0 Å². The molecule has 0 spiro atoms. The quantitative estimate of drug-likeness (QED) is 0.556. The van der Waals surface area contributed by atoms with Crippen LogP contribution >= 0.6 is 15.9 Å². The number of nitrogens with one attached hydrogen (secondary N) is 1. The lowest BCUT2D eigenvalue weighted by Gasteiger charge is -2.29. The van der Waals surface area contributed by atoms with Crippen LogP contribution in [0.1, 0.15) is 31.9 Å². The number of halogens is 1. The van der Waals surface area contributed by atoms with Gasteiger partial charge in [0.2, 0.25) is 5.91 Å². The fourth-order valence-electron chi connectivity index (χ4n) is 2.96. The van der Waals surface area contributed by atoms with Gasteiger partial charge in [-0.3, -0.25) is 9.59 Å². The fraction of sp³-hybridized carbons (Fsp3) is 0.417. The second kappa shape index (κ2) is 11.7. The first kappa shape index (κ1) is 23.9. The van der Waals surface area contributed by atoms with E-state index in [4.69, 9.17) is 4.74 Å². The highest BCUT2D eigenvalue weighted by Gasteiger charge is 2.26. The lowest BCUT2D eigenvalue weighted by Crippen LogP contribution is -2.50. The van der Waals surface area contributed by atoms with E-state index in [0.29, 0.717) is 31.2 Å². The SMILES string of the molecule is Cc1cc(OCC(=O)N(CCc2ccccc2)C(C)C(=O)NCC(C)C)ccc1Br. The molecule has 0 saturated heterocycles. The molecular formula is C24H31BrN2O3. The van der Waals surface area contributed by atoms with Crippen LogP contribution < -0.4 is 10.1 Å². The molecule has 0 radical (unpaired) electrons. The molecule has 2 aromatic carbocycles. The normalized spacial score (nSPS) is 11.8. The molecule has 6 heteroatoms. The van der Waals surface area contributed by atoms with Crippen molar-refractivity contribution in [1.82, 2.24) is 10.2 Å². The van der Waals surface area contributed by atoms with Gasteiger partial charge < -0.3 is 15.0 Å². The Kier molecular flexibility index (Phi) is 9.37. The first-order valence-electron chi connectivity index (χ1n) is 10.3. The van der Waals surface area contributed by atoms with Crippen LogP contribution in [0.15, 0.2) is 53.0 Å². The number of nitrogens with zero attached hydrogens (tertiary/aromatic N) is 1. The van der Waals surface area contributed by atoms with Crippen molar-refractivity contribution in [3.8, 4) is 5.75 Å². The van der Waals surface area contributed by atoms with Gasteiger partial charge in [0.1, 0.15) is 11.8 Å². The number of hydrogen-bond donors (Lipinski definition) is 1. The number of carbonyl (C=O) groups is 2. The number of carbonyl (C=O) groups excluding carboxylic acids is 2. The van der Waals surface area contributed by atoms with Gasteiger partial charge in [-0.25, -0.2) is 0 Å². The van der Waals surface area contributed by atoms with Crippen molar-refractivity contribution in [3.05, 3.63) is 64.1 Å². The van der Waals surface area contributed by atoms with Crippen molar-refractivity contribution in [2.24, 2.45) is 5.92 Å². The van der Waals surface area contributed by atoms with Gasteiger partial charge in [0, 0.05) is 17.6 Å². The van der Waals surface area contributed by atoms with Crippen LogP contribution in [0.5, 0.6) is 5.75 Å². The molecule has 162 valence electrons. The van der Waals surface area contributed by atoms with Gasteiger partial charge in [0.15, 0.2) is 6.61 Å². The molecule has 2 amide bonds. The molecule has 0 aliphatic carbocycles. The Balaban J connectivity index is 2.06. The molecule has 30 heavy (non-hydrogen) atoms. The lowest BCUT2D eigenvalue weighted by molar-refractivity contribution is -0.141. The van der Waals surface area contributed by atoms with Crippen LogP contribution in [0.2, 0.25) is 0 Å². The summed E-state index contributed by atoms with van der Waals surface area (Å²) in [5.41, 5.74) is 2.15. The molecule has 1 unspecified atom stereocenters. The summed E-state index contributed by atoms with van der Waals surface area (Å²) in [7, 11) is 0. The van der Waals surface area contributed by atoms with E-state index in [2.05, 4.69) is 21.2 Å². The summed E-state index contributed by atoms with van der Waals surface area (Å²) in [5.74, 6) is 0.617. The van der Waals surface area contributed by atoms with Crippen LogP contribution in [-0.4, -0.2) is 42.5 Å². The van der Waals surface area contributed by atoms with Gasteiger partial charge in [-0.1, -0.05) is 60.1 Å². The number of amides is 2. The van der Waals surface area contributed by atoms with E-state index in [0.717, 1.165) is 15.6 Å². The van der Waals surface area contributed by atoms with Gasteiger partial charge >= 0.3 is 0 Å². The highest BCUT2D eigenvalue weighted by Crippen LogP contribution is 2.21. The molecular weight excluding hydrogens is 444 g/mol. The smallest absolute Gasteiger partial charge is 0.261 e. The van der Waals surface area contributed by atoms with Crippen molar-refractivity contribution in [1.29, 1.82) is 0 Å². The van der Waals surface area contributed by atoms with E-state index in [1.807, 2.05) is 69.3 Å². The summed E-state index contributed by atoms with van der Waals surface area (Å²) in [6, 6.07) is 15.0. The lowest BCUT2D eigenvalue weighted by atomic mass is 10.1. The summed E-state index contributed by atoms with van der Waals surface area (Å²) < 4.78 is 6.71. The minimum Gasteiger partial charge on any atom is -0.484 e. The highest BCUT2D eigenvalue weighted by atomic mass is 79.9. The van der Waals surface area contributed by atoms with Crippen LogP contribution in [0.3, 0.4) is 0 Å². The molecule has 2 rings (SSSR count). The molecule has 0 bridgehead atoms. The maximum atomic E-state index is 13.0. The molecule has 0 aromatic heterocycles. The Morgan fingerprint density at radius 3 is 2.43 bits per heavy atom. The Morgan fingerprint density at radius 2 is 1.80 bits per heavy atom. The van der Waals surface area contributed by atoms with Gasteiger partial charge in [0.05, 0.1) is 0 Å². The summed E-state index contributed by atoms with van der Waals surface area (Å²) in [6.07, 6.45) is 0.672. The van der Waals surface area contributed by atoms with Crippen molar-refractivity contribution >= 4 is 27.7 Å². The van der Waals surface area contributed by atoms with Crippen LogP contribution in [0, 0.1) is 12.8 Å². The standard InChI is InChI=1S/C24H31BrN2O3/c1-17(2)15-26-24(29)19(4)27(13-12-20-8-6-5-7-9-20)23(28)16-30-21-10-11-22(25)18(3)14-21/h5-11,14,17,19H,12-13,15-16H2,1-4H3,(H,26,29). The molecule has 0 heterocycles. The average molecular weight is 475 g/mol. The van der Waals surface area contributed by atoms with Crippen LogP contribution in [0.4, 0.5) is 0 Å². The predicted molar refractivity (Wildman–Crippen MR) is 124 cm³/mol. The second-order valence-corrected chi connectivity index (χ2v) is 8.69. The summed E-state index contributed by atoms with van der Waals surface area (Å²) in [4.78, 5) is 27.2. The second-order valence-electron chi connectivity index (χ2n) is 7.84. The zero-order valence-corrected chi connectivity index (χ0v) is 19.7. The maximum Gasteiger partial charge on any atom is 0.261 e. The number of rotatable bonds is 10. The van der Waals surface area contributed by atoms with Crippen molar-refractivity contribution < 1.29 is 14.3 Å². The minimum absolute atomic E-state index is 0.113. The first-order chi connectivity index (χ1) is 14.3. The van der Waals surface area contributed by atoms with E-state index in [9.17, 15) is 9.59 Å². The Morgan fingerprint density at radius 1 is 1.10 bits per heavy atom. The summed E-state index contributed by atoms with van der Waals surface area (Å²) in [5, 5.41) is 2.92. The zero-order valence-electron chi connectivity index (χ0n) is 18.2. The highest BCUT2D eigenvalue weighted by molar-refractivity contribution is 9.10. The molecule has 0 aliphatic heterocycles. The van der Waals surface area contributed by atoms with Crippen LogP contribution in [0.25, 0.3) is 0 Å². The monoisotopic (exact) mass is 474 g/mol. The molecule has 1 N–H and O–H groups in total. The number of ether oxygens (including phenoxy) is 1. The number of benzene rings is 2. The van der Waals surface area contributed by atoms with Gasteiger partial charge in [0.25, 0.3) is 5.91 Å².